The Morgan fingerprint density at radius 1 is 1.11 bits per heavy atom. The van der Waals surface area contributed by atoms with Gasteiger partial charge in [-0.05, 0) is 45.4 Å². The molecule has 0 aromatic carbocycles. The maximum Gasteiger partial charge on any atom is 0.171 e. The fraction of sp³-hybridized carbons (Fsp3) is 0.714. The Hall–Kier alpha value is -0.830. The van der Waals surface area contributed by atoms with E-state index in [1.807, 2.05) is 13.8 Å². The normalized spacial score (nSPS) is 24.0. The molecule has 0 aliphatic heterocycles. The lowest BCUT2D eigenvalue weighted by molar-refractivity contribution is 0.330. The van der Waals surface area contributed by atoms with Gasteiger partial charge >= 0.3 is 0 Å². The second-order valence-electron chi connectivity index (χ2n) is 5.30. The number of rotatable bonds is 3. The molecular formula is C14H22ClN3. The van der Waals surface area contributed by atoms with Gasteiger partial charge in [-0.1, -0.05) is 24.9 Å². The molecule has 1 heterocycles. The Morgan fingerprint density at radius 2 is 1.72 bits per heavy atom. The van der Waals surface area contributed by atoms with Crippen LogP contribution in [0.15, 0.2) is 0 Å². The van der Waals surface area contributed by atoms with Crippen LogP contribution in [0.25, 0.3) is 0 Å². The van der Waals surface area contributed by atoms with E-state index in [2.05, 4.69) is 22.2 Å². The van der Waals surface area contributed by atoms with Gasteiger partial charge in [0, 0.05) is 6.04 Å². The van der Waals surface area contributed by atoms with Gasteiger partial charge in [0.15, 0.2) is 11.0 Å². The highest BCUT2D eigenvalue weighted by Crippen LogP contribution is 2.29. The second-order valence-corrected chi connectivity index (χ2v) is 5.66. The summed E-state index contributed by atoms with van der Waals surface area (Å²) in [7, 11) is 0. The first-order valence-electron chi connectivity index (χ1n) is 6.87. The van der Waals surface area contributed by atoms with E-state index in [9.17, 15) is 0 Å². The Bertz CT molecular complexity index is 412. The van der Waals surface area contributed by atoms with E-state index in [0.717, 1.165) is 23.1 Å². The molecule has 1 aliphatic carbocycles. The summed E-state index contributed by atoms with van der Waals surface area (Å²) >= 11 is 6.14. The largest absolute Gasteiger partial charge is 0.365 e. The third-order valence-electron chi connectivity index (χ3n) is 4.03. The van der Waals surface area contributed by atoms with Crippen LogP contribution in [0, 0.1) is 19.8 Å². The molecule has 0 bridgehead atoms. The molecule has 1 aromatic rings. The molecule has 2 rings (SSSR count). The van der Waals surface area contributed by atoms with E-state index in [4.69, 9.17) is 11.6 Å². The van der Waals surface area contributed by atoms with Crippen LogP contribution in [-0.4, -0.2) is 16.0 Å². The zero-order valence-corrected chi connectivity index (χ0v) is 12.2. The van der Waals surface area contributed by atoms with Crippen molar-refractivity contribution in [1.82, 2.24) is 9.97 Å². The zero-order valence-electron chi connectivity index (χ0n) is 11.5. The van der Waals surface area contributed by atoms with Gasteiger partial charge < -0.3 is 5.32 Å². The number of nitrogens with one attached hydrogen (secondary N) is 1. The van der Waals surface area contributed by atoms with Crippen LogP contribution < -0.4 is 5.32 Å². The Labute approximate surface area is 114 Å². The minimum Gasteiger partial charge on any atom is -0.365 e. The SMILES string of the molecule is CCC1CCC(Nc2nc(C)c(C)nc2Cl)CC1. The predicted molar refractivity (Wildman–Crippen MR) is 76.2 cm³/mol. The minimum absolute atomic E-state index is 0.496. The van der Waals surface area contributed by atoms with E-state index in [1.54, 1.807) is 0 Å². The lowest BCUT2D eigenvalue weighted by Crippen LogP contribution is -2.26. The molecule has 1 aromatic heterocycles. The molecule has 0 radical (unpaired) electrons. The summed E-state index contributed by atoms with van der Waals surface area (Å²) in [6.07, 6.45) is 6.35. The van der Waals surface area contributed by atoms with E-state index < -0.39 is 0 Å². The summed E-state index contributed by atoms with van der Waals surface area (Å²) in [5.41, 5.74) is 1.85. The molecule has 0 amide bonds. The summed E-state index contributed by atoms with van der Waals surface area (Å²) in [5, 5.41) is 3.95. The quantitative estimate of drug-likeness (QED) is 0.895. The first kappa shape index (κ1) is 13.6. The van der Waals surface area contributed by atoms with Crippen molar-refractivity contribution in [2.75, 3.05) is 5.32 Å². The van der Waals surface area contributed by atoms with Gasteiger partial charge in [0.2, 0.25) is 0 Å². The van der Waals surface area contributed by atoms with Gasteiger partial charge in [-0.25, -0.2) is 9.97 Å². The smallest absolute Gasteiger partial charge is 0.171 e. The zero-order chi connectivity index (χ0) is 13.1. The van der Waals surface area contributed by atoms with E-state index in [-0.39, 0.29) is 0 Å². The monoisotopic (exact) mass is 267 g/mol. The lowest BCUT2D eigenvalue weighted by Gasteiger charge is -2.29. The second kappa shape index (κ2) is 5.87. The standard InChI is InChI=1S/C14H22ClN3/c1-4-11-5-7-12(8-6-11)18-14-13(15)16-9(2)10(3)17-14/h11-12H,4-8H2,1-3H3,(H,17,18). The van der Waals surface area contributed by atoms with Crippen LogP contribution in [0.3, 0.4) is 0 Å². The molecule has 0 spiro atoms. The van der Waals surface area contributed by atoms with Crippen LogP contribution in [0.2, 0.25) is 5.15 Å². The molecule has 1 N–H and O–H groups in total. The van der Waals surface area contributed by atoms with Crippen LogP contribution in [0.4, 0.5) is 5.82 Å². The number of halogens is 1. The van der Waals surface area contributed by atoms with Crippen molar-refractivity contribution in [3.05, 3.63) is 16.5 Å². The van der Waals surface area contributed by atoms with E-state index in [0.29, 0.717) is 11.2 Å². The van der Waals surface area contributed by atoms with Crippen molar-refractivity contribution in [3.8, 4) is 0 Å². The molecule has 1 aliphatic rings. The van der Waals surface area contributed by atoms with E-state index >= 15 is 0 Å². The van der Waals surface area contributed by atoms with Crippen molar-refractivity contribution < 1.29 is 0 Å². The number of nitrogens with zero attached hydrogens (tertiary/aromatic N) is 2. The van der Waals surface area contributed by atoms with Gasteiger partial charge in [-0.2, -0.15) is 0 Å². The predicted octanol–water partition coefficient (Wildman–Crippen LogP) is 4.13. The maximum absolute atomic E-state index is 6.14. The molecule has 1 saturated carbocycles. The Morgan fingerprint density at radius 3 is 2.33 bits per heavy atom. The van der Waals surface area contributed by atoms with Gasteiger partial charge in [-0.15, -0.1) is 0 Å². The van der Waals surface area contributed by atoms with Crippen molar-refractivity contribution in [3.63, 3.8) is 0 Å². The fourth-order valence-electron chi connectivity index (χ4n) is 2.58. The minimum atomic E-state index is 0.496. The molecule has 0 saturated heterocycles. The summed E-state index contributed by atoms with van der Waals surface area (Å²) in [6, 6.07) is 0.502. The van der Waals surface area contributed by atoms with Crippen molar-refractivity contribution >= 4 is 17.4 Å². The Kier molecular flexibility index (Phi) is 4.44. The molecular weight excluding hydrogens is 246 g/mol. The summed E-state index contributed by atoms with van der Waals surface area (Å²) in [5.74, 6) is 1.66. The first-order valence-corrected chi connectivity index (χ1v) is 7.25. The number of hydrogen-bond donors (Lipinski definition) is 1. The number of aromatic nitrogens is 2. The number of hydrogen-bond acceptors (Lipinski definition) is 3. The lowest BCUT2D eigenvalue weighted by atomic mass is 9.84. The highest BCUT2D eigenvalue weighted by atomic mass is 35.5. The van der Waals surface area contributed by atoms with Gasteiger partial charge in [0.1, 0.15) is 0 Å². The molecule has 0 unspecified atom stereocenters. The number of aryl methyl sites for hydroxylation is 2. The highest BCUT2D eigenvalue weighted by molar-refractivity contribution is 6.31. The van der Waals surface area contributed by atoms with Crippen molar-refractivity contribution in [2.45, 2.75) is 58.9 Å². The summed E-state index contributed by atoms with van der Waals surface area (Å²) in [4.78, 5) is 8.81. The summed E-state index contributed by atoms with van der Waals surface area (Å²) < 4.78 is 0. The molecule has 4 heteroatoms. The third kappa shape index (κ3) is 3.14. The Balaban J connectivity index is 2.00. The van der Waals surface area contributed by atoms with Crippen LogP contribution in [0.1, 0.15) is 50.4 Å². The van der Waals surface area contributed by atoms with Crippen LogP contribution in [-0.2, 0) is 0 Å². The molecule has 0 atom stereocenters. The molecule has 100 valence electrons. The third-order valence-corrected chi connectivity index (χ3v) is 4.29. The van der Waals surface area contributed by atoms with Crippen LogP contribution in [0.5, 0.6) is 0 Å². The fourth-order valence-corrected chi connectivity index (χ4v) is 2.80. The van der Waals surface area contributed by atoms with Crippen LogP contribution >= 0.6 is 11.6 Å². The average Bonchev–Trinajstić information content (AvgIpc) is 2.37. The van der Waals surface area contributed by atoms with Gasteiger partial charge in [0.05, 0.1) is 11.4 Å². The average molecular weight is 268 g/mol. The summed E-state index contributed by atoms with van der Waals surface area (Å²) in [6.45, 7) is 6.19. The topological polar surface area (TPSA) is 37.8 Å². The van der Waals surface area contributed by atoms with Crippen molar-refractivity contribution in [1.29, 1.82) is 0 Å². The maximum atomic E-state index is 6.14. The first-order chi connectivity index (χ1) is 8.60. The van der Waals surface area contributed by atoms with Gasteiger partial charge in [0.25, 0.3) is 0 Å². The van der Waals surface area contributed by atoms with Crippen molar-refractivity contribution in [2.24, 2.45) is 5.92 Å². The van der Waals surface area contributed by atoms with E-state index in [1.165, 1.54) is 32.1 Å². The molecule has 18 heavy (non-hydrogen) atoms. The molecule has 1 fully saturated rings. The molecule has 3 nitrogen and oxygen atoms in total. The number of anilines is 1. The van der Waals surface area contributed by atoms with Gasteiger partial charge in [-0.3, -0.25) is 0 Å². The highest BCUT2D eigenvalue weighted by Gasteiger charge is 2.21.